The quantitative estimate of drug-likeness (QED) is 0.364. The molecular weight excluding hydrogens is 341 g/mol. The second-order valence-electron chi connectivity index (χ2n) is 2.27. The number of hydrogen-bond acceptors (Lipinski definition) is 5. The van der Waals surface area contributed by atoms with Gasteiger partial charge in [-0.3, -0.25) is 10.1 Å². The zero-order valence-electron chi connectivity index (χ0n) is 6.58. The Hall–Kier alpha value is -0.350. The molecule has 76 valence electrons. The molecule has 5 nitrogen and oxygen atoms in total. The maximum atomic E-state index is 11.3. The number of benzene rings is 1. The first kappa shape index (κ1) is 11.7. The van der Waals surface area contributed by atoms with E-state index < -0.39 is 13.8 Å². The van der Waals surface area contributed by atoms with Gasteiger partial charge in [0.2, 0.25) is 8.87 Å². The molecule has 0 fully saturated rings. The standard InChI is InChI=1S/C6H4INO4S2/c7-13-14(11,12)6-3-1-5(2-4-6)8(9)10/h1-4H. The molecule has 0 aromatic heterocycles. The van der Waals surface area contributed by atoms with E-state index in [1.807, 2.05) is 0 Å². The summed E-state index contributed by atoms with van der Waals surface area (Å²) in [6, 6.07) is 4.78. The molecule has 0 atom stereocenters. The lowest BCUT2D eigenvalue weighted by Gasteiger charge is -1.97. The van der Waals surface area contributed by atoms with Gasteiger partial charge in [0.15, 0.2) is 0 Å². The van der Waals surface area contributed by atoms with Crippen molar-refractivity contribution < 1.29 is 13.3 Å². The first-order valence-corrected chi connectivity index (χ1v) is 8.63. The molecule has 0 saturated carbocycles. The van der Waals surface area contributed by atoms with Crippen molar-refractivity contribution in [2.45, 2.75) is 4.90 Å². The van der Waals surface area contributed by atoms with E-state index in [4.69, 9.17) is 0 Å². The van der Waals surface area contributed by atoms with Crippen LogP contribution >= 0.6 is 29.2 Å². The van der Waals surface area contributed by atoms with Crippen LogP contribution in [0.5, 0.6) is 0 Å². The van der Waals surface area contributed by atoms with E-state index in [0.717, 1.165) is 0 Å². The van der Waals surface area contributed by atoms with Gasteiger partial charge >= 0.3 is 0 Å². The summed E-state index contributed by atoms with van der Waals surface area (Å²) >= 11 is 1.65. The predicted octanol–water partition coefficient (Wildman–Crippen LogP) is 2.37. The van der Waals surface area contributed by atoms with Crippen LogP contribution in [0.4, 0.5) is 5.69 Å². The highest BCUT2D eigenvalue weighted by Crippen LogP contribution is 2.29. The van der Waals surface area contributed by atoms with Crippen LogP contribution in [0.25, 0.3) is 0 Å². The Morgan fingerprint density at radius 1 is 1.29 bits per heavy atom. The highest BCUT2D eigenvalue weighted by atomic mass is 127. The average Bonchev–Trinajstić information content (AvgIpc) is 2.18. The van der Waals surface area contributed by atoms with Crippen LogP contribution < -0.4 is 0 Å². The van der Waals surface area contributed by atoms with Gasteiger partial charge in [-0.1, -0.05) is 0 Å². The summed E-state index contributed by atoms with van der Waals surface area (Å²) in [5.74, 6) is 0. The van der Waals surface area contributed by atoms with E-state index in [1.54, 1.807) is 21.2 Å². The molecule has 0 heterocycles. The van der Waals surface area contributed by atoms with Gasteiger partial charge in [0.25, 0.3) is 5.69 Å². The topological polar surface area (TPSA) is 77.3 Å². The normalized spacial score (nSPS) is 11.2. The molecule has 0 N–H and O–H groups in total. The zero-order valence-corrected chi connectivity index (χ0v) is 10.4. The van der Waals surface area contributed by atoms with Crippen molar-refractivity contribution in [2.24, 2.45) is 0 Å². The highest BCUT2D eigenvalue weighted by Gasteiger charge is 2.15. The molecule has 1 aromatic rings. The van der Waals surface area contributed by atoms with Crippen LogP contribution in [0.3, 0.4) is 0 Å². The van der Waals surface area contributed by atoms with Gasteiger partial charge in [-0.2, -0.15) is 0 Å². The third-order valence-corrected chi connectivity index (χ3v) is 7.77. The molecule has 1 rings (SSSR count). The van der Waals surface area contributed by atoms with Crippen molar-refractivity contribution in [1.29, 1.82) is 0 Å². The van der Waals surface area contributed by atoms with Crippen LogP contribution in [0.15, 0.2) is 29.2 Å². The van der Waals surface area contributed by atoms with Crippen molar-refractivity contribution in [2.75, 3.05) is 0 Å². The molecule has 0 spiro atoms. The fourth-order valence-electron chi connectivity index (χ4n) is 0.771. The van der Waals surface area contributed by atoms with Gasteiger partial charge in [0.1, 0.15) is 0 Å². The molecule has 0 aliphatic carbocycles. The van der Waals surface area contributed by atoms with Gasteiger partial charge < -0.3 is 0 Å². The van der Waals surface area contributed by atoms with Crippen LogP contribution in [0.1, 0.15) is 0 Å². The average molecular weight is 345 g/mol. The molecule has 0 radical (unpaired) electrons. The van der Waals surface area contributed by atoms with Gasteiger partial charge in [-0.15, -0.1) is 0 Å². The van der Waals surface area contributed by atoms with E-state index in [9.17, 15) is 18.5 Å². The number of nitro benzene ring substituents is 1. The molecule has 14 heavy (non-hydrogen) atoms. The monoisotopic (exact) mass is 345 g/mol. The Morgan fingerprint density at radius 2 is 1.79 bits per heavy atom. The number of halogens is 1. The van der Waals surface area contributed by atoms with Crippen molar-refractivity contribution in [1.82, 2.24) is 0 Å². The Bertz CT molecular complexity index is 441. The van der Waals surface area contributed by atoms with Crippen molar-refractivity contribution >= 4 is 43.7 Å². The van der Waals surface area contributed by atoms with Gasteiger partial charge in [-0.05, 0) is 12.1 Å². The first-order valence-electron chi connectivity index (χ1n) is 3.27. The minimum Gasteiger partial charge on any atom is -0.258 e. The van der Waals surface area contributed by atoms with Crippen molar-refractivity contribution in [3.63, 3.8) is 0 Å². The maximum absolute atomic E-state index is 11.3. The summed E-state index contributed by atoms with van der Waals surface area (Å²) in [7, 11) is -2.69. The fourth-order valence-corrected chi connectivity index (χ4v) is 3.73. The summed E-state index contributed by atoms with van der Waals surface area (Å²) in [4.78, 5) is 9.78. The second kappa shape index (κ2) is 4.45. The fraction of sp³-hybridized carbons (Fsp3) is 0. The molecule has 0 unspecified atom stereocenters. The van der Waals surface area contributed by atoms with Crippen LogP contribution in [0.2, 0.25) is 0 Å². The number of rotatable bonds is 3. The largest absolute Gasteiger partial charge is 0.269 e. The van der Waals surface area contributed by atoms with Crippen molar-refractivity contribution in [3.05, 3.63) is 34.4 Å². The third kappa shape index (κ3) is 2.58. The van der Waals surface area contributed by atoms with Gasteiger partial charge in [0.05, 0.1) is 9.82 Å². The second-order valence-corrected chi connectivity index (χ2v) is 8.70. The summed E-state index contributed by atoms with van der Waals surface area (Å²) < 4.78 is 22.5. The summed E-state index contributed by atoms with van der Waals surface area (Å²) in [6.07, 6.45) is 0. The number of hydrogen-bond donors (Lipinski definition) is 0. The van der Waals surface area contributed by atoms with Crippen LogP contribution in [-0.2, 0) is 8.87 Å². The van der Waals surface area contributed by atoms with E-state index in [2.05, 4.69) is 0 Å². The predicted molar refractivity (Wildman–Crippen MR) is 61.9 cm³/mol. The first-order chi connectivity index (χ1) is 6.47. The lowest BCUT2D eigenvalue weighted by molar-refractivity contribution is -0.384. The zero-order chi connectivity index (χ0) is 10.8. The lowest BCUT2D eigenvalue weighted by atomic mass is 10.3. The number of non-ortho nitro benzene ring substituents is 1. The molecule has 0 bridgehead atoms. The molecule has 0 saturated heterocycles. The Labute approximate surface area is 95.9 Å². The van der Waals surface area contributed by atoms with E-state index in [-0.39, 0.29) is 10.6 Å². The Morgan fingerprint density at radius 3 is 2.14 bits per heavy atom. The van der Waals surface area contributed by atoms with Crippen molar-refractivity contribution in [3.8, 4) is 0 Å². The summed E-state index contributed by atoms with van der Waals surface area (Å²) in [6.45, 7) is 0. The van der Waals surface area contributed by atoms with E-state index in [0.29, 0.717) is 7.97 Å². The summed E-state index contributed by atoms with van der Waals surface area (Å²) in [5, 5.41) is 10.3. The lowest BCUT2D eigenvalue weighted by Crippen LogP contribution is -1.93. The molecule has 0 amide bonds. The smallest absolute Gasteiger partial charge is 0.258 e. The molecule has 1 aromatic carbocycles. The van der Waals surface area contributed by atoms with Crippen LogP contribution in [0, 0.1) is 10.1 Å². The highest BCUT2D eigenvalue weighted by molar-refractivity contribution is 14.2. The van der Waals surface area contributed by atoms with E-state index in [1.165, 1.54) is 24.3 Å². The van der Waals surface area contributed by atoms with E-state index >= 15 is 0 Å². The molecule has 0 aliphatic heterocycles. The minimum absolute atomic E-state index is 0.0718. The molecule has 8 heteroatoms. The van der Waals surface area contributed by atoms with Crippen LogP contribution in [-0.4, -0.2) is 13.3 Å². The molecular formula is C6H4INO4S2. The number of nitro groups is 1. The molecule has 0 aliphatic rings. The third-order valence-electron chi connectivity index (χ3n) is 1.42. The van der Waals surface area contributed by atoms with Gasteiger partial charge in [0, 0.05) is 41.3 Å². The minimum atomic E-state index is -3.36. The summed E-state index contributed by atoms with van der Waals surface area (Å²) in [5.41, 5.74) is -0.123. The van der Waals surface area contributed by atoms with Gasteiger partial charge in [-0.25, -0.2) is 8.42 Å². The number of nitrogens with zero attached hydrogens (tertiary/aromatic N) is 1. The Kier molecular flexibility index (Phi) is 3.72. The SMILES string of the molecule is O=[N+]([O-])c1ccc(S(=O)(=O)SI)cc1. The maximum Gasteiger partial charge on any atom is 0.269 e. The Balaban J connectivity index is 3.12.